The monoisotopic (exact) mass is 408 g/mol. The minimum absolute atomic E-state index is 0.173. The maximum atomic E-state index is 11.9. The van der Waals surface area contributed by atoms with E-state index in [4.69, 9.17) is 5.73 Å². The van der Waals surface area contributed by atoms with Crippen molar-refractivity contribution < 1.29 is 4.79 Å². The fraction of sp³-hybridized carbons (Fsp3) is 0.522. The van der Waals surface area contributed by atoms with Gasteiger partial charge in [-0.2, -0.15) is 0 Å². The van der Waals surface area contributed by atoms with E-state index in [1.807, 2.05) is 0 Å². The van der Waals surface area contributed by atoms with Crippen molar-refractivity contribution in [3.8, 4) is 0 Å². The standard InChI is InChI=1S/C23H32N6O/c1-2-28-14-10-18(11-15-28)17-6-8-19(9-7-17)26-23-21(22(24)30)25-16-20(27-23)29-12-4-3-5-13-29/h6-9,16,18H,2-5,10-15H2,1H3,(H2,24,30)(H,26,27). The van der Waals surface area contributed by atoms with E-state index in [0.29, 0.717) is 11.7 Å². The van der Waals surface area contributed by atoms with E-state index in [0.717, 1.165) is 44.0 Å². The first-order valence-electron chi connectivity index (χ1n) is 11.1. The van der Waals surface area contributed by atoms with Crippen LogP contribution in [-0.4, -0.2) is 53.5 Å². The minimum atomic E-state index is -0.575. The molecule has 2 aromatic rings. The van der Waals surface area contributed by atoms with Gasteiger partial charge in [-0.15, -0.1) is 0 Å². The van der Waals surface area contributed by atoms with Gasteiger partial charge in [0.25, 0.3) is 5.91 Å². The molecule has 0 saturated carbocycles. The average Bonchev–Trinajstić information content (AvgIpc) is 2.80. The minimum Gasteiger partial charge on any atom is -0.364 e. The molecule has 0 spiro atoms. The maximum absolute atomic E-state index is 11.9. The maximum Gasteiger partial charge on any atom is 0.271 e. The van der Waals surface area contributed by atoms with Crippen molar-refractivity contribution in [2.75, 3.05) is 42.9 Å². The van der Waals surface area contributed by atoms with Crippen molar-refractivity contribution >= 4 is 23.2 Å². The molecule has 0 bridgehead atoms. The molecule has 2 saturated heterocycles. The van der Waals surface area contributed by atoms with E-state index < -0.39 is 5.91 Å². The highest BCUT2D eigenvalue weighted by Gasteiger charge is 2.20. The molecule has 0 atom stereocenters. The smallest absolute Gasteiger partial charge is 0.271 e. The van der Waals surface area contributed by atoms with E-state index in [2.05, 4.69) is 56.3 Å². The number of hydrogen-bond acceptors (Lipinski definition) is 6. The first-order valence-corrected chi connectivity index (χ1v) is 11.1. The van der Waals surface area contributed by atoms with Crippen molar-refractivity contribution in [1.82, 2.24) is 14.9 Å². The zero-order valence-electron chi connectivity index (χ0n) is 17.8. The summed E-state index contributed by atoms with van der Waals surface area (Å²) in [5, 5.41) is 3.27. The molecule has 7 nitrogen and oxygen atoms in total. The van der Waals surface area contributed by atoms with Crippen LogP contribution < -0.4 is 16.0 Å². The number of amides is 1. The normalized spacial score (nSPS) is 18.4. The molecule has 7 heteroatoms. The van der Waals surface area contributed by atoms with Crippen molar-refractivity contribution in [1.29, 1.82) is 0 Å². The van der Waals surface area contributed by atoms with Gasteiger partial charge in [0, 0.05) is 18.8 Å². The lowest BCUT2D eigenvalue weighted by molar-refractivity contribution is 0.0996. The predicted octanol–water partition coefficient (Wildman–Crippen LogP) is 3.51. The van der Waals surface area contributed by atoms with Crippen LogP contribution in [0.1, 0.15) is 61.0 Å². The predicted molar refractivity (Wildman–Crippen MR) is 120 cm³/mol. The summed E-state index contributed by atoms with van der Waals surface area (Å²) >= 11 is 0. The zero-order valence-corrected chi connectivity index (χ0v) is 17.8. The molecule has 2 aliphatic heterocycles. The first-order chi connectivity index (χ1) is 14.6. The number of nitrogens with zero attached hydrogens (tertiary/aromatic N) is 4. The van der Waals surface area contributed by atoms with Crippen LogP contribution in [0.4, 0.5) is 17.3 Å². The van der Waals surface area contributed by atoms with Gasteiger partial charge in [-0.25, -0.2) is 9.97 Å². The molecule has 1 aromatic heterocycles. The number of likely N-dealkylation sites (tertiary alicyclic amines) is 1. The number of nitrogens with two attached hydrogens (primary N) is 1. The molecule has 2 fully saturated rings. The third-order valence-corrected chi connectivity index (χ3v) is 6.35. The van der Waals surface area contributed by atoms with Crippen LogP contribution in [0.15, 0.2) is 30.5 Å². The molecule has 30 heavy (non-hydrogen) atoms. The van der Waals surface area contributed by atoms with E-state index in [1.54, 1.807) is 6.20 Å². The van der Waals surface area contributed by atoms with Crippen LogP contribution in [0.3, 0.4) is 0 Å². The second-order valence-corrected chi connectivity index (χ2v) is 8.29. The Labute approximate surface area is 178 Å². The fourth-order valence-corrected chi connectivity index (χ4v) is 4.48. The molecule has 3 N–H and O–H groups in total. The number of hydrogen-bond donors (Lipinski definition) is 2. The number of carbonyl (C=O) groups excluding carboxylic acids is 1. The van der Waals surface area contributed by atoms with Gasteiger partial charge < -0.3 is 20.9 Å². The quantitative estimate of drug-likeness (QED) is 0.761. The van der Waals surface area contributed by atoms with Gasteiger partial charge in [-0.05, 0) is 75.4 Å². The number of nitrogens with one attached hydrogen (secondary N) is 1. The molecular formula is C23H32N6O. The summed E-state index contributed by atoms with van der Waals surface area (Å²) in [5.74, 6) is 1.26. The highest BCUT2D eigenvalue weighted by molar-refractivity contribution is 5.96. The van der Waals surface area contributed by atoms with Crippen molar-refractivity contribution in [2.45, 2.75) is 44.9 Å². The summed E-state index contributed by atoms with van der Waals surface area (Å²) in [6.45, 7) is 7.63. The Kier molecular flexibility index (Phi) is 6.47. The van der Waals surface area contributed by atoms with Crippen LogP contribution in [0, 0.1) is 0 Å². The second kappa shape index (κ2) is 9.43. The van der Waals surface area contributed by atoms with E-state index in [9.17, 15) is 4.79 Å². The number of piperidine rings is 2. The van der Waals surface area contributed by atoms with Gasteiger partial charge in [-0.3, -0.25) is 4.79 Å². The van der Waals surface area contributed by atoms with Gasteiger partial charge in [0.2, 0.25) is 0 Å². The van der Waals surface area contributed by atoms with Crippen LogP contribution in [0.5, 0.6) is 0 Å². The molecule has 3 heterocycles. The number of rotatable bonds is 6. The lowest BCUT2D eigenvalue weighted by Gasteiger charge is -2.31. The summed E-state index contributed by atoms with van der Waals surface area (Å²) in [4.78, 5) is 25.6. The van der Waals surface area contributed by atoms with Crippen LogP contribution in [0.2, 0.25) is 0 Å². The molecule has 160 valence electrons. The Morgan fingerprint density at radius 2 is 1.80 bits per heavy atom. The summed E-state index contributed by atoms with van der Waals surface area (Å²) in [6.07, 6.45) is 7.62. The van der Waals surface area contributed by atoms with E-state index in [1.165, 1.54) is 37.9 Å². The summed E-state index contributed by atoms with van der Waals surface area (Å²) in [5.41, 5.74) is 7.98. The van der Waals surface area contributed by atoms with Crippen molar-refractivity contribution in [3.05, 3.63) is 41.7 Å². The Morgan fingerprint density at radius 3 is 2.43 bits per heavy atom. The van der Waals surface area contributed by atoms with Gasteiger partial charge in [-0.1, -0.05) is 19.1 Å². The van der Waals surface area contributed by atoms with Gasteiger partial charge >= 0.3 is 0 Å². The molecule has 0 radical (unpaired) electrons. The molecule has 0 aliphatic carbocycles. The molecule has 0 unspecified atom stereocenters. The highest BCUT2D eigenvalue weighted by atomic mass is 16.1. The third kappa shape index (κ3) is 4.73. The van der Waals surface area contributed by atoms with E-state index >= 15 is 0 Å². The highest BCUT2D eigenvalue weighted by Crippen LogP contribution is 2.30. The molecule has 1 aromatic carbocycles. The zero-order chi connectivity index (χ0) is 20.9. The first kappa shape index (κ1) is 20.6. The van der Waals surface area contributed by atoms with Crippen LogP contribution in [0.25, 0.3) is 0 Å². The fourth-order valence-electron chi connectivity index (χ4n) is 4.48. The largest absolute Gasteiger partial charge is 0.364 e. The Balaban J connectivity index is 1.49. The summed E-state index contributed by atoms with van der Waals surface area (Å²) in [6, 6.07) is 8.48. The van der Waals surface area contributed by atoms with Gasteiger partial charge in [0.1, 0.15) is 5.82 Å². The lowest BCUT2D eigenvalue weighted by atomic mass is 9.89. The van der Waals surface area contributed by atoms with Gasteiger partial charge in [0.15, 0.2) is 11.5 Å². The lowest BCUT2D eigenvalue weighted by Crippen LogP contribution is -2.32. The number of primary amides is 1. The van der Waals surface area contributed by atoms with Crippen molar-refractivity contribution in [3.63, 3.8) is 0 Å². The van der Waals surface area contributed by atoms with Gasteiger partial charge in [0.05, 0.1) is 6.20 Å². The molecule has 1 amide bonds. The van der Waals surface area contributed by atoms with E-state index in [-0.39, 0.29) is 5.69 Å². The summed E-state index contributed by atoms with van der Waals surface area (Å²) < 4.78 is 0. The third-order valence-electron chi connectivity index (χ3n) is 6.35. The number of anilines is 3. The van der Waals surface area contributed by atoms with Crippen LogP contribution in [-0.2, 0) is 0 Å². The Bertz CT molecular complexity index is 854. The SMILES string of the molecule is CCN1CCC(c2ccc(Nc3nc(N4CCCCC4)cnc3C(N)=O)cc2)CC1. The number of benzene rings is 1. The average molecular weight is 409 g/mol. The number of carbonyl (C=O) groups is 1. The topological polar surface area (TPSA) is 87.4 Å². The second-order valence-electron chi connectivity index (χ2n) is 8.29. The Hall–Kier alpha value is -2.67. The Morgan fingerprint density at radius 1 is 1.10 bits per heavy atom. The van der Waals surface area contributed by atoms with Crippen LogP contribution >= 0.6 is 0 Å². The molecule has 4 rings (SSSR count). The van der Waals surface area contributed by atoms with Crippen molar-refractivity contribution in [2.24, 2.45) is 5.73 Å². The molecular weight excluding hydrogens is 376 g/mol. The summed E-state index contributed by atoms with van der Waals surface area (Å²) in [7, 11) is 0. The number of aromatic nitrogens is 2. The molecule has 2 aliphatic rings.